The van der Waals surface area contributed by atoms with Crippen LogP contribution in [0.15, 0.2) is 41.1 Å². The summed E-state index contributed by atoms with van der Waals surface area (Å²) in [4.78, 5) is 43.7. The third kappa shape index (κ3) is 4.08. The van der Waals surface area contributed by atoms with Crippen LogP contribution in [0, 0.1) is 0 Å². The highest BCUT2D eigenvalue weighted by Gasteiger charge is 2.24. The second kappa shape index (κ2) is 7.81. The minimum absolute atomic E-state index is 0.00505. The molecule has 2 aromatic heterocycles. The highest BCUT2D eigenvalue weighted by Crippen LogP contribution is 2.10. The SMILES string of the molecule is CC(=O)N1CCN(C(=O)c2cc(C(=O)NCc3ccco3)ccn2)CC1. The van der Waals surface area contributed by atoms with Crippen molar-refractivity contribution in [3.05, 3.63) is 53.7 Å². The first-order valence-corrected chi connectivity index (χ1v) is 8.36. The number of hydrogen-bond acceptors (Lipinski definition) is 5. The Morgan fingerprint density at radius 2 is 1.88 bits per heavy atom. The molecule has 0 bridgehead atoms. The first kappa shape index (κ1) is 17.7. The van der Waals surface area contributed by atoms with Crippen LogP contribution in [0.3, 0.4) is 0 Å². The Morgan fingerprint density at radius 3 is 2.54 bits per heavy atom. The van der Waals surface area contributed by atoms with Crippen molar-refractivity contribution >= 4 is 17.7 Å². The molecule has 0 aliphatic carbocycles. The van der Waals surface area contributed by atoms with Gasteiger partial charge in [-0.25, -0.2) is 0 Å². The van der Waals surface area contributed by atoms with Crippen molar-refractivity contribution in [1.82, 2.24) is 20.1 Å². The number of nitrogens with one attached hydrogen (secondary N) is 1. The molecular formula is C18H20N4O4. The minimum atomic E-state index is -0.306. The number of rotatable bonds is 4. The molecule has 3 heterocycles. The maximum atomic E-state index is 12.6. The maximum absolute atomic E-state index is 12.6. The number of piperazine rings is 1. The summed E-state index contributed by atoms with van der Waals surface area (Å²) >= 11 is 0. The first-order valence-electron chi connectivity index (χ1n) is 8.36. The summed E-state index contributed by atoms with van der Waals surface area (Å²) in [6.07, 6.45) is 2.98. The molecule has 0 unspecified atom stereocenters. The second-order valence-electron chi connectivity index (χ2n) is 5.99. The number of pyridine rings is 1. The van der Waals surface area contributed by atoms with Crippen LogP contribution in [0.1, 0.15) is 33.5 Å². The zero-order valence-corrected chi connectivity index (χ0v) is 14.5. The van der Waals surface area contributed by atoms with E-state index in [-0.39, 0.29) is 30.0 Å². The van der Waals surface area contributed by atoms with E-state index >= 15 is 0 Å². The molecule has 1 aliphatic heterocycles. The van der Waals surface area contributed by atoms with Crippen molar-refractivity contribution in [1.29, 1.82) is 0 Å². The van der Waals surface area contributed by atoms with Crippen molar-refractivity contribution in [2.45, 2.75) is 13.5 Å². The molecule has 3 rings (SSSR count). The van der Waals surface area contributed by atoms with Crippen LogP contribution in [0.5, 0.6) is 0 Å². The van der Waals surface area contributed by atoms with Gasteiger partial charge in [0.15, 0.2) is 0 Å². The van der Waals surface area contributed by atoms with E-state index in [4.69, 9.17) is 4.42 Å². The van der Waals surface area contributed by atoms with Gasteiger partial charge in [-0.1, -0.05) is 0 Å². The van der Waals surface area contributed by atoms with Gasteiger partial charge in [0.25, 0.3) is 11.8 Å². The zero-order valence-electron chi connectivity index (χ0n) is 14.5. The third-order valence-electron chi connectivity index (χ3n) is 4.26. The highest BCUT2D eigenvalue weighted by atomic mass is 16.3. The Kier molecular flexibility index (Phi) is 5.31. The Bertz CT molecular complexity index is 795. The number of nitrogens with zero attached hydrogens (tertiary/aromatic N) is 3. The van der Waals surface area contributed by atoms with Crippen LogP contribution in [-0.4, -0.2) is 58.7 Å². The van der Waals surface area contributed by atoms with E-state index in [0.717, 1.165) is 0 Å². The molecule has 0 atom stereocenters. The molecule has 0 aromatic carbocycles. The molecule has 136 valence electrons. The van der Waals surface area contributed by atoms with E-state index in [9.17, 15) is 14.4 Å². The number of aromatic nitrogens is 1. The lowest BCUT2D eigenvalue weighted by atomic mass is 10.2. The van der Waals surface area contributed by atoms with Gasteiger partial charge in [0.05, 0.1) is 12.8 Å². The van der Waals surface area contributed by atoms with E-state index in [1.54, 1.807) is 28.0 Å². The molecule has 0 saturated carbocycles. The predicted molar refractivity (Wildman–Crippen MR) is 92.3 cm³/mol. The Labute approximate surface area is 150 Å². The molecule has 1 N–H and O–H groups in total. The van der Waals surface area contributed by atoms with Crippen molar-refractivity contribution in [2.75, 3.05) is 26.2 Å². The van der Waals surface area contributed by atoms with Gasteiger partial charge in [0.2, 0.25) is 5.91 Å². The molecule has 2 aromatic rings. The smallest absolute Gasteiger partial charge is 0.272 e. The Hall–Kier alpha value is -3.16. The monoisotopic (exact) mass is 356 g/mol. The van der Waals surface area contributed by atoms with Gasteiger partial charge < -0.3 is 19.5 Å². The van der Waals surface area contributed by atoms with E-state index < -0.39 is 0 Å². The lowest BCUT2D eigenvalue weighted by molar-refractivity contribution is -0.130. The summed E-state index contributed by atoms with van der Waals surface area (Å²) < 4.78 is 5.17. The van der Waals surface area contributed by atoms with Crippen LogP contribution >= 0.6 is 0 Å². The lowest BCUT2D eigenvalue weighted by Crippen LogP contribution is -2.50. The molecule has 8 heteroatoms. The molecule has 3 amide bonds. The largest absolute Gasteiger partial charge is 0.467 e. The molecule has 26 heavy (non-hydrogen) atoms. The quantitative estimate of drug-likeness (QED) is 0.878. The molecule has 1 saturated heterocycles. The summed E-state index contributed by atoms with van der Waals surface area (Å²) in [6, 6.07) is 6.55. The van der Waals surface area contributed by atoms with Gasteiger partial charge in [0.1, 0.15) is 11.5 Å². The van der Waals surface area contributed by atoms with Gasteiger partial charge in [0, 0.05) is 44.9 Å². The fourth-order valence-electron chi connectivity index (χ4n) is 2.76. The fraction of sp³-hybridized carbons (Fsp3) is 0.333. The fourth-order valence-corrected chi connectivity index (χ4v) is 2.76. The second-order valence-corrected chi connectivity index (χ2v) is 5.99. The summed E-state index contributed by atoms with van der Waals surface area (Å²) in [7, 11) is 0. The van der Waals surface area contributed by atoms with Gasteiger partial charge in [-0.05, 0) is 24.3 Å². The van der Waals surface area contributed by atoms with E-state index in [1.807, 2.05) is 0 Å². The molecule has 0 radical (unpaired) electrons. The third-order valence-corrected chi connectivity index (χ3v) is 4.26. The number of furan rings is 1. The van der Waals surface area contributed by atoms with Crippen LogP contribution in [-0.2, 0) is 11.3 Å². The number of carbonyl (C=O) groups is 3. The number of carbonyl (C=O) groups excluding carboxylic acids is 3. The number of amides is 3. The zero-order chi connectivity index (χ0) is 18.5. The highest BCUT2D eigenvalue weighted by molar-refractivity contribution is 5.98. The van der Waals surface area contributed by atoms with Gasteiger partial charge in [-0.3, -0.25) is 19.4 Å². The van der Waals surface area contributed by atoms with Crippen molar-refractivity contribution in [3.8, 4) is 0 Å². The average molecular weight is 356 g/mol. The Balaban J connectivity index is 1.62. The first-order chi connectivity index (χ1) is 12.5. The van der Waals surface area contributed by atoms with Crippen molar-refractivity contribution in [3.63, 3.8) is 0 Å². The predicted octanol–water partition coefficient (Wildman–Crippen LogP) is 0.909. The summed E-state index contributed by atoms with van der Waals surface area (Å²) in [5.41, 5.74) is 0.573. The van der Waals surface area contributed by atoms with Gasteiger partial charge in [-0.2, -0.15) is 0 Å². The van der Waals surface area contributed by atoms with Gasteiger partial charge >= 0.3 is 0 Å². The number of hydrogen-bond donors (Lipinski definition) is 1. The normalized spacial score (nSPS) is 14.2. The summed E-state index contributed by atoms with van der Waals surface area (Å²) in [6.45, 7) is 3.70. The van der Waals surface area contributed by atoms with Crippen LogP contribution in [0.2, 0.25) is 0 Å². The molecule has 1 fully saturated rings. The molecule has 8 nitrogen and oxygen atoms in total. The van der Waals surface area contributed by atoms with Crippen LogP contribution < -0.4 is 5.32 Å². The van der Waals surface area contributed by atoms with E-state index in [0.29, 0.717) is 37.5 Å². The topological polar surface area (TPSA) is 95.8 Å². The molecular weight excluding hydrogens is 336 g/mol. The summed E-state index contributed by atoms with van der Waals surface area (Å²) in [5.74, 6) is 0.102. The molecule has 1 aliphatic rings. The van der Waals surface area contributed by atoms with Gasteiger partial charge in [-0.15, -0.1) is 0 Å². The minimum Gasteiger partial charge on any atom is -0.467 e. The standard InChI is InChI=1S/C18H20N4O4/c1-13(23)21-6-8-22(9-7-21)18(25)16-11-14(4-5-19-16)17(24)20-12-15-3-2-10-26-15/h2-5,10-11H,6-9,12H2,1H3,(H,20,24). The van der Waals surface area contributed by atoms with Crippen molar-refractivity contribution in [2.24, 2.45) is 0 Å². The van der Waals surface area contributed by atoms with Crippen molar-refractivity contribution < 1.29 is 18.8 Å². The molecule has 0 spiro atoms. The van der Waals surface area contributed by atoms with Crippen LogP contribution in [0.4, 0.5) is 0 Å². The maximum Gasteiger partial charge on any atom is 0.272 e. The van der Waals surface area contributed by atoms with E-state index in [2.05, 4.69) is 10.3 Å². The lowest BCUT2D eigenvalue weighted by Gasteiger charge is -2.34. The van der Waals surface area contributed by atoms with E-state index in [1.165, 1.54) is 25.5 Å². The average Bonchev–Trinajstić information content (AvgIpc) is 3.19. The summed E-state index contributed by atoms with van der Waals surface area (Å²) in [5, 5.41) is 2.74. The van der Waals surface area contributed by atoms with Crippen LogP contribution in [0.25, 0.3) is 0 Å². The Morgan fingerprint density at radius 1 is 1.15 bits per heavy atom.